The van der Waals surface area contributed by atoms with E-state index in [1.165, 1.54) is 6.42 Å². The molecule has 2 rings (SSSR count). The zero-order valence-corrected chi connectivity index (χ0v) is 12.3. The summed E-state index contributed by atoms with van der Waals surface area (Å²) in [6.07, 6.45) is 2.30. The van der Waals surface area contributed by atoms with Gasteiger partial charge in [0.1, 0.15) is 0 Å². The molecular weight excluding hydrogens is 258 g/mol. The van der Waals surface area contributed by atoms with Gasteiger partial charge in [-0.05, 0) is 33.4 Å². The second kappa shape index (κ2) is 6.67. The molecule has 1 aliphatic rings. The van der Waals surface area contributed by atoms with Crippen LogP contribution >= 0.6 is 0 Å². The van der Waals surface area contributed by atoms with E-state index in [0.717, 1.165) is 19.5 Å². The number of nitrogens with two attached hydrogens (primary N) is 1. The number of likely N-dealkylation sites (tertiary alicyclic amines) is 1. The molecule has 0 saturated carbocycles. The molecule has 20 heavy (non-hydrogen) atoms. The van der Waals surface area contributed by atoms with Crippen LogP contribution in [0.25, 0.3) is 0 Å². The van der Waals surface area contributed by atoms with Gasteiger partial charge in [-0.2, -0.15) is 15.0 Å². The van der Waals surface area contributed by atoms with Crippen molar-refractivity contribution in [3.8, 4) is 6.01 Å². The number of hydrogen-bond acceptors (Lipinski definition) is 8. The molecule has 8 nitrogen and oxygen atoms in total. The number of ether oxygens (including phenoxy) is 1. The van der Waals surface area contributed by atoms with Crippen molar-refractivity contribution in [3.05, 3.63) is 0 Å². The summed E-state index contributed by atoms with van der Waals surface area (Å²) in [5.74, 6) is 6.29. The Bertz CT molecular complexity index is 442. The summed E-state index contributed by atoms with van der Waals surface area (Å²) in [5, 5.41) is 0. The lowest BCUT2D eigenvalue weighted by molar-refractivity contribution is 0.246. The third-order valence-electron chi connectivity index (χ3n) is 3.47. The van der Waals surface area contributed by atoms with Gasteiger partial charge in [-0.15, -0.1) is 0 Å². The number of anilines is 2. The molecule has 1 atom stereocenters. The number of nitrogens with one attached hydrogen (secondary N) is 1. The fourth-order valence-corrected chi connectivity index (χ4v) is 2.38. The van der Waals surface area contributed by atoms with Crippen molar-refractivity contribution < 1.29 is 4.74 Å². The van der Waals surface area contributed by atoms with Crippen LogP contribution in [0.4, 0.5) is 11.9 Å². The van der Waals surface area contributed by atoms with E-state index in [1.807, 2.05) is 14.0 Å². The third-order valence-corrected chi connectivity index (χ3v) is 3.47. The molecule has 1 aromatic rings. The van der Waals surface area contributed by atoms with E-state index in [1.54, 1.807) is 0 Å². The average Bonchev–Trinajstić information content (AvgIpc) is 2.46. The zero-order valence-electron chi connectivity index (χ0n) is 12.3. The lowest BCUT2D eigenvalue weighted by Gasteiger charge is -2.35. The molecule has 1 fully saturated rings. The van der Waals surface area contributed by atoms with E-state index in [4.69, 9.17) is 10.6 Å². The topological polar surface area (TPSA) is 92.4 Å². The Labute approximate surface area is 119 Å². The molecule has 8 heteroatoms. The summed E-state index contributed by atoms with van der Waals surface area (Å²) in [5.41, 5.74) is 2.45. The number of nitrogen functional groups attached to an aromatic ring is 1. The highest BCUT2D eigenvalue weighted by Gasteiger charge is 2.23. The van der Waals surface area contributed by atoms with E-state index in [-0.39, 0.29) is 0 Å². The van der Waals surface area contributed by atoms with Gasteiger partial charge in [0.15, 0.2) is 0 Å². The van der Waals surface area contributed by atoms with Gasteiger partial charge in [0.2, 0.25) is 11.9 Å². The highest BCUT2D eigenvalue weighted by Crippen LogP contribution is 2.20. The minimum Gasteiger partial charge on any atom is -0.464 e. The van der Waals surface area contributed by atoms with Crippen molar-refractivity contribution in [2.75, 3.05) is 44.1 Å². The van der Waals surface area contributed by atoms with E-state index in [2.05, 4.69) is 37.2 Å². The zero-order chi connectivity index (χ0) is 14.5. The van der Waals surface area contributed by atoms with E-state index in [0.29, 0.717) is 30.6 Å². The quantitative estimate of drug-likeness (QED) is 0.579. The summed E-state index contributed by atoms with van der Waals surface area (Å²) < 4.78 is 5.35. The second-order valence-electron chi connectivity index (χ2n) is 4.99. The first kappa shape index (κ1) is 14.7. The third kappa shape index (κ3) is 3.45. The minimum atomic E-state index is 0.293. The van der Waals surface area contributed by atoms with Crippen molar-refractivity contribution >= 4 is 11.9 Å². The first-order chi connectivity index (χ1) is 9.63. The van der Waals surface area contributed by atoms with Crippen LogP contribution in [0.15, 0.2) is 0 Å². The monoisotopic (exact) mass is 281 g/mol. The Kier molecular flexibility index (Phi) is 4.91. The molecule has 0 radical (unpaired) electrons. The van der Waals surface area contributed by atoms with Crippen LogP contribution in [0, 0.1) is 0 Å². The maximum Gasteiger partial charge on any atom is 0.323 e. The van der Waals surface area contributed by atoms with Crippen molar-refractivity contribution in [1.82, 2.24) is 19.9 Å². The van der Waals surface area contributed by atoms with Gasteiger partial charge < -0.3 is 14.5 Å². The predicted octanol–water partition coefficient (Wildman–Crippen LogP) is 0.0863. The Morgan fingerprint density at radius 2 is 2.25 bits per heavy atom. The highest BCUT2D eigenvalue weighted by molar-refractivity contribution is 5.38. The number of rotatable bonds is 5. The summed E-state index contributed by atoms with van der Waals surface area (Å²) in [6, 6.07) is 0.678. The van der Waals surface area contributed by atoms with Crippen molar-refractivity contribution in [2.45, 2.75) is 25.8 Å². The molecule has 2 heterocycles. The standard InChI is InChI=1S/C12H23N7O/c1-4-20-12-15-10(17-13)14-11(16-12)19(3)9-6-5-7-18(2)8-9/h9H,4-8,13H2,1-3H3,(H,14,15,16,17). The SMILES string of the molecule is CCOc1nc(NN)nc(N(C)C2CCCN(C)C2)n1. The summed E-state index contributed by atoms with van der Waals surface area (Å²) in [4.78, 5) is 17.1. The average molecular weight is 281 g/mol. The molecule has 0 bridgehead atoms. The summed E-state index contributed by atoms with van der Waals surface area (Å²) in [7, 11) is 4.13. The lowest BCUT2D eigenvalue weighted by atomic mass is 10.1. The summed E-state index contributed by atoms with van der Waals surface area (Å²) in [6.45, 7) is 4.53. The van der Waals surface area contributed by atoms with Gasteiger partial charge in [0, 0.05) is 19.6 Å². The smallest absolute Gasteiger partial charge is 0.323 e. The van der Waals surface area contributed by atoms with Crippen molar-refractivity contribution in [1.29, 1.82) is 0 Å². The van der Waals surface area contributed by atoms with Gasteiger partial charge in [0.25, 0.3) is 0 Å². The van der Waals surface area contributed by atoms with Crippen LogP contribution in [-0.2, 0) is 0 Å². The molecule has 1 aliphatic heterocycles. The van der Waals surface area contributed by atoms with Crippen LogP contribution in [0.3, 0.4) is 0 Å². The molecule has 1 saturated heterocycles. The van der Waals surface area contributed by atoms with Crippen LogP contribution in [0.1, 0.15) is 19.8 Å². The van der Waals surface area contributed by atoms with Gasteiger partial charge in [-0.25, -0.2) is 5.84 Å². The highest BCUT2D eigenvalue weighted by atomic mass is 16.5. The van der Waals surface area contributed by atoms with E-state index < -0.39 is 0 Å². The number of likely N-dealkylation sites (N-methyl/N-ethyl adjacent to an activating group) is 2. The van der Waals surface area contributed by atoms with Gasteiger partial charge in [-0.3, -0.25) is 5.43 Å². The molecule has 1 aromatic heterocycles. The van der Waals surface area contributed by atoms with Crippen molar-refractivity contribution in [3.63, 3.8) is 0 Å². The largest absolute Gasteiger partial charge is 0.464 e. The lowest BCUT2D eigenvalue weighted by Crippen LogP contribution is -2.45. The van der Waals surface area contributed by atoms with E-state index >= 15 is 0 Å². The number of hydrogen-bond donors (Lipinski definition) is 2. The normalized spacial score (nSPS) is 19.7. The summed E-state index contributed by atoms with van der Waals surface area (Å²) >= 11 is 0. The molecule has 3 N–H and O–H groups in total. The Morgan fingerprint density at radius 1 is 1.45 bits per heavy atom. The Hall–Kier alpha value is -1.67. The van der Waals surface area contributed by atoms with Gasteiger partial charge in [0.05, 0.1) is 6.61 Å². The first-order valence-electron chi connectivity index (χ1n) is 6.91. The Balaban J connectivity index is 2.19. The van der Waals surface area contributed by atoms with Crippen LogP contribution < -0.4 is 20.9 Å². The van der Waals surface area contributed by atoms with Crippen LogP contribution in [0.5, 0.6) is 6.01 Å². The predicted molar refractivity (Wildman–Crippen MR) is 77.7 cm³/mol. The number of hydrazine groups is 1. The molecule has 1 unspecified atom stereocenters. The maximum atomic E-state index is 5.40. The molecule has 0 amide bonds. The minimum absolute atomic E-state index is 0.293. The Morgan fingerprint density at radius 3 is 2.90 bits per heavy atom. The number of nitrogens with zero attached hydrogens (tertiary/aromatic N) is 5. The van der Waals surface area contributed by atoms with Crippen LogP contribution in [0.2, 0.25) is 0 Å². The molecule has 0 spiro atoms. The molecular formula is C12H23N7O. The molecule has 112 valence electrons. The van der Waals surface area contributed by atoms with E-state index in [9.17, 15) is 0 Å². The fraction of sp³-hybridized carbons (Fsp3) is 0.750. The maximum absolute atomic E-state index is 5.40. The number of piperidine rings is 1. The number of aromatic nitrogens is 3. The van der Waals surface area contributed by atoms with Gasteiger partial charge in [-0.1, -0.05) is 0 Å². The van der Waals surface area contributed by atoms with Gasteiger partial charge >= 0.3 is 6.01 Å². The molecule has 0 aliphatic carbocycles. The first-order valence-corrected chi connectivity index (χ1v) is 6.91. The van der Waals surface area contributed by atoms with Crippen molar-refractivity contribution in [2.24, 2.45) is 5.84 Å². The molecule has 0 aromatic carbocycles. The second-order valence-corrected chi connectivity index (χ2v) is 4.99. The van der Waals surface area contributed by atoms with Crippen LogP contribution in [-0.4, -0.2) is 59.7 Å². The fourth-order valence-electron chi connectivity index (χ4n) is 2.38.